The average Bonchev–Trinajstić information content (AvgIpc) is 2.27. The van der Waals surface area contributed by atoms with Crippen molar-refractivity contribution in [2.24, 2.45) is 0 Å². The lowest BCUT2D eigenvalue weighted by Crippen LogP contribution is -2.20. The second kappa shape index (κ2) is 4.55. The van der Waals surface area contributed by atoms with Gasteiger partial charge in [0.1, 0.15) is 11.6 Å². The molecule has 1 aromatic heterocycles. The van der Waals surface area contributed by atoms with Crippen molar-refractivity contribution in [1.82, 2.24) is 9.97 Å². The quantitative estimate of drug-likeness (QED) is 0.787. The van der Waals surface area contributed by atoms with Gasteiger partial charge >= 0.3 is 0 Å². The van der Waals surface area contributed by atoms with Gasteiger partial charge in [-0.2, -0.15) is 0 Å². The number of rotatable bonds is 2. The second-order valence-electron chi connectivity index (χ2n) is 5.42. The van der Waals surface area contributed by atoms with Crippen molar-refractivity contribution in [3.05, 3.63) is 22.8 Å². The summed E-state index contributed by atoms with van der Waals surface area (Å²) in [5.41, 5.74) is 3.28. The molecule has 92 valence electrons. The third-order valence-corrected chi connectivity index (χ3v) is 3.22. The highest BCUT2D eigenvalue weighted by molar-refractivity contribution is 5.83. The van der Waals surface area contributed by atoms with Gasteiger partial charge in [-0.05, 0) is 12.3 Å². The van der Waals surface area contributed by atoms with E-state index in [0.717, 1.165) is 29.2 Å². The van der Waals surface area contributed by atoms with Gasteiger partial charge in [-0.15, -0.1) is 0 Å². The Morgan fingerprint density at radius 3 is 2.29 bits per heavy atom. The molecule has 3 heteroatoms. The number of aryl methyl sites for hydroxylation is 1. The van der Waals surface area contributed by atoms with Crippen molar-refractivity contribution < 1.29 is 4.79 Å². The number of fused-ring (bicyclic) bond motifs is 1. The highest BCUT2D eigenvalue weighted by atomic mass is 16.1. The van der Waals surface area contributed by atoms with Crippen LogP contribution < -0.4 is 0 Å². The minimum absolute atomic E-state index is 0.320. The molecule has 0 fully saturated rings. The molecule has 0 radical (unpaired) electrons. The molecular formula is C14H20N2O. The van der Waals surface area contributed by atoms with Gasteiger partial charge in [0.15, 0.2) is 0 Å². The maximum atomic E-state index is 11.6. The van der Waals surface area contributed by atoms with Crippen LogP contribution in [0.2, 0.25) is 0 Å². The lowest BCUT2D eigenvalue weighted by Gasteiger charge is -2.21. The van der Waals surface area contributed by atoms with E-state index < -0.39 is 0 Å². The summed E-state index contributed by atoms with van der Waals surface area (Å²) in [7, 11) is 0. The first-order valence-corrected chi connectivity index (χ1v) is 6.40. The molecule has 0 saturated heterocycles. The van der Waals surface area contributed by atoms with Crippen LogP contribution >= 0.6 is 0 Å². The van der Waals surface area contributed by atoms with Crippen molar-refractivity contribution in [3.63, 3.8) is 0 Å². The molecule has 1 aromatic rings. The molecule has 1 aliphatic carbocycles. The summed E-state index contributed by atoms with van der Waals surface area (Å²) in [5, 5.41) is 0. The van der Waals surface area contributed by atoms with Crippen LogP contribution in [0.3, 0.4) is 0 Å². The zero-order valence-corrected chi connectivity index (χ0v) is 11.1. The van der Waals surface area contributed by atoms with Crippen LogP contribution in [0.5, 0.6) is 0 Å². The Labute approximate surface area is 103 Å². The van der Waals surface area contributed by atoms with Crippen molar-refractivity contribution in [2.75, 3.05) is 0 Å². The zero-order valence-electron chi connectivity index (χ0n) is 11.1. The van der Waals surface area contributed by atoms with Crippen LogP contribution in [-0.4, -0.2) is 15.8 Å². The molecule has 3 nitrogen and oxygen atoms in total. The second-order valence-corrected chi connectivity index (χ2v) is 5.42. The van der Waals surface area contributed by atoms with Crippen molar-refractivity contribution in [3.8, 4) is 0 Å². The third-order valence-electron chi connectivity index (χ3n) is 3.22. The highest BCUT2D eigenvalue weighted by Gasteiger charge is 2.23. The first-order chi connectivity index (χ1) is 7.99. The number of aromatic nitrogens is 2. The summed E-state index contributed by atoms with van der Waals surface area (Å²) in [4.78, 5) is 20.8. The van der Waals surface area contributed by atoms with Crippen molar-refractivity contribution in [2.45, 2.75) is 58.8 Å². The Balaban J connectivity index is 2.55. The van der Waals surface area contributed by atoms with E-state index in [0.29, 0.717) is 30.5 Å². The van der Waals surface area contributed by atoms with E-state index in [2.05, 4.69) is 37.7 Å². The van der Waals surface area contributed by atoms with E-state index in [9.17, 15) is 4.79 Å². The van der Waals surface area contributed by atoms with Gasteiger partial charge in [-0.25, -0.2) is 9.97 Å². The molecule has 1 heterocycles. The predicted octanol–water partition coefficient (Wildman–Crippen LogP) is 2.78. The largest absolute Gasteiger partial charge is 0.299 e. The normalized spacial score (nSPS) is 15.5. The smallest absolute Gasteiger partial charge is 0.137 e. The number of carbonyl (C=O) groups excluding carboxylic acids is 1. The Kier molecular flexibility index (Phi) is 3.27. The van der Waals surface area contributed by atoms with E-state index in [1.54, 1.807) is 0 Å². The minimum Gasteiger partial charge on any atom is -0.299 e. The van der Waals surface area contributed by atoms with E-state index in [-0.39, 0.29) is 0 Å². The number of ketones is 1. The average molecular weight is 232 g/mol. The SMILES string of the molecule is CC(C)c1nc2c(c(C(C)C)n1)CC(=O)CC2. The first kappa shape index (κ1) is 12.2. The fraction of sp³-hybridized carbons (Fsp3) is 0.643. The maximum absolute atomic E-state index is 11.6. The zero-order chi connectivity index (χ0) is 12.6. The van der Waals surface area contributed by atoms with E-state index in [1.807, 2.05) is 0 Å². The van der Waals surface area contributed by atoms with Crippen LogP contribution in [0.25, 0.3) is 0 Å². The first-order valence-electron chi connectivity index (χ1n) is 6.40. The molecule has 0 atom stereocenters. The lowest BCUT2D eigenvalue weighted by atomic mass is 9.90. The molecule has 1 aliphatic rings. The van der Waals surface area contributed by atoms with Crippen molar-refractivity contribution in [1.29, 1.82) is 0 Å². The van der Waals surface area contributed by atoms with Gasteiger partial charge in [0.05, 0.1) is 5.69 Å². The van der Waals surface area contributed by atoms with Gasteiger partial charge in [0.25, 0.3) is 0 Å². The van der Waals surface area contributed by atoms with Crippen LogP contribution in [0.1, 0.15) is 68.7 Å². The fourth-order valence-electron chi connectivity index (χ4n) is 2.25. The summed E-state index contributed by atoms with van der Waals surface area (Å²) in [6.07, 6.45) is 1.95. The Hall–Kier alpha value is -1.25. The number of Topliss-reactive ketones (excluding diaryl/α,β-unsaturated/α-hetero) is 1. The van der Waals surface area contributed by atoms with Gasteiger partial charge in [-0.3, -0.25) is 4.79 Å². The summed E-state index contributed by atoms with van der Waals surface area (Å²) in [6, 6.07) is 0. The minimum atomic E-state index is 0.320. The number of nitrogens with zero attached hydrogens (tertiary/aromatic N) is 2. The maximum Gasteiger partial charge on any atom is 0.137 e. The molecule has 0 spiro atoms. The fourth-order valence-corrected chi connectivity index (χ4v) is 2.25. The Bertz CT molecular complexity index is 450. The van der Waals surface area contributed by atoms with Crippen LogP contribution in [0, 0.1) is 0 Å². The molecule has 0 aromatic carbocycles. The van der Waals surface area contributed by atoms with Crippen LogP contribution in [0.4, 0.5) is 0 Å². The molecule has 17 heavy (non-hydrogen) atoms. The van der Waals surface area contributed by atoms with Crippen LogP contribution in [-0.2, 0) is 17.6 Å². The van der Waals surface area contributed by atoms with E-state index in [4.69, 9.17) is 0 Å². The Morgan fingerprint density at radius 2 is 1.71 bits per heavy atom. The van der Waals surface area contributed by atoms with E-state index in [1.165, 1.54) is 0 Å². The molecule has 0 bridgehead atoms. The summed E-state index contributed by atoms with van der Waals surface area (Å²) in [5.74, 6) is 1.94. The summed E-state index contributed by atoms with van der Waals surface area (Å²) < 4.78 is 0. The molecule has 0 unspecified atom stereocenters. The predicted molar refractivity (Wildman–Crippen MR) is 67.2 cm³/mol. The number of hydrogen-bond acceptors (Lipinski definition) is 3. The van der Waals surface area contributed by atoms with Gasteiger partial charge in [-0.1, -0.05) is 27.7 Å². The molecule has 0 amide bonds. The van der Waals surface area contributed by atoms with E-state index >= 15 is 0 Å². The topological polar surface area (TPSA) is 42.9 Å². The standard InChI is InChI=1S/C14H20N2O/c1-8(2)13-11-7-10(17)5-6-12(11)15-14(16-13)9(3)4/h8-9H,5-7H2,1-4H3. The summed E-state index contributed by atoms with van der Waals surface area (Å²) >= 11 is 0. The van der Waals surface area contributed by atoms with Gasteiger partial charge in [0, 0.05) is 30.0 Å². The third kappa shape index (κ3) is 2.38. The molecular weight excluding hydrogens is 212 g/mol. The molecule has 0 aliphatic heterocycles. The molecule has 0 N–H and O–H groups in total. The highest BCUT2D eigenvalue weighted by Crippen LogP contribution is 2.27. The molecule has 0 saturated carbocycles. The lowest BCUT2D eigenvalue weighted by molar-refractivity contribution is -0.118. The monoisotopic (exact) mass is 232 g/mol. The number of hydrogen-bond donors (Lipinski definition) is 0. The van der Waals surface area contributed by atoms with Gasteiger partial charge in [0.2, 0.25) is 0 Å². The number of carbonyl (C=O) groups is 1. The van der Waals surface area contributed by atoms with Crippen molar-refractivity contribution >= 4 is 5.78 Å². The summed E-state index contributed by atoms with van der Waals surface area (Å²) in [6.45, 7) is 8.48. The molecule has 2 rings (SSSR count). The van der Waals surface area contributed by atoms with Crippen LogP contribution in [0.15, 0.2) is 0 Å². The van der Waals surface area contributed by atoms with Gasteiger partial charge < -0.3 is 0 Å². The Morgan fingerprint density at radius 1 is 1.00 bits per heavy atom.